The van der Waals surface area contributed by atoms with E-state index in [0.717, 1.165) is 0 Å². The molecule has 0 spiro atoms. The first kappa shape index (κ1) is 9.94. The van der Waals surface area contributed by atoms with E-state index in [4.69, 9.17) is 0 Å². The van der Waals surface area contributed by atoms with Crippen LogP contribution in [0, 0.1) is 6.42 Å². The van der Waals surface area contributed by atoms with Gasteiger partial charge in [0.1, 0.15) is 0 Å². The predicted molar refractivity (Wildman–Crippen MR) is 37.6 cm³/mol. The first-order valence-electron chi connectivity index (χ1n) is 3.32. The fourth-order valence-electron chi connectivity index (χ4n) is 0.416. The van der Waals surface area contributed by atoms with E-state index in [0.29, 0.717) is 6.61 Å². The molecule has 0 fully saturated rings. The highest BCUT2D eigenvalue weighted by atomic mass is 16.6. The first-order valence-corrected chi connectivity index (χ1v) is 3.32. The number of hydrogen-bond donors (Lipinski definition) is 0. The van der Waals surface area contributed by atoms with E-state index in [1.165, 1.54) is 13.3 Å². The molecule has 63 valence electrons. The zero-order valence-corrected chi connectivity index (χ0v) is 6.62. The van der Waals surface area contributed by atoms with E-state index in [1.807, 2.05) is 0 Å². The Kier molecular flexibility index (Phi) is 5.15. The molecule has 0 aliphatic heterocycles. The summed E-state index contributed by atoms with van der Waals surface area (Å²) in [6.45, 7) is 3.21. The maximum atomic E-state index is 10.6. The minimum Gasteiger partial charge on any atom is -0.463 e. The molecule has 4 heteroatoms. The molecule has 0 aliphatic rings. The molecule has 0 saturated carbocycles. The van der Waals surface area contributed by atoms with Crippen molar-refractivity contribution in [2.45, 2.75) is 13.8 Å². The SMILES string of the molecule is C[CH]C(=O)OCC(=O)OCC. The molecule has 0 aromatic carbocycles. The molecule has 0 aromatic rings. The number of ether oxygens (including phenoxy) is 2. The van der Waals surface area contributed by atoms with Crippen LogP contribution in [0.4, 0.5) is 0 Å². The van der Waals surface area contributed by atoms with Crippen LogP contribution in [0.25, 0.3) is 0 Å². The summed E-state index contributed by atoms with van der Waals surface area (Å²) < 4.78 is 8.94. The van der Waals surface area contributed by atoms with Gasteiger partial charge in [-0.25, -0.2) is 4.79 Å². The summed E-state index contributed by atoms with van der Waals surface area (Å²) in [6.07, 6.45) is 1.24. The smallest absolute Gasteiger partial charge is 0.344 e. The molecular weight excluding hydrogens is 148 g/mol. The molecule has 0 saturated heterocycles. The lowest BCUT2D eigenvalue weighted by Gasteiger charge is -2.01. The van der Waals surface area contributed by atoms with Gasteiger partial charge in [0.15, 0.2) is 6.61 Å². The summed E-state index contributed by atoms with van der Waals surface area (Å²) in [4.78, 5) is 21.0. The van der Waals surface area contributed by atoms with Gasteiger partial charge < -0.3 is 9.47 Å². The Morgan fingerprint density at radius 2 is 2.00 bits per heavy atom. The van der Waals surface area contributed by atoms with E-state index in [-0.39, 0.29) is 6.61 Å². The fraction of sp³-hybridized carbons (Fsp3) is 0.571. The van der Waals surface area contributed by atoms with E-state index in [1.54, 1.807) is 6.92 Å². The second-order valence-electron chi connectivity index (χ2n) is 1.70. The van der Waals surface area contributed by atoms with Crippen LogP contribution in [0.3, 0.4) is 0 Å². The highest BCUT2D eigenvalue weighted by molar-refractivity contribution is 5.81. The molecule has 0 atom stereocenters. The van der Waals surface area contributed by atoms with Crippen LogP contribution >= 0.6 is 0 Å². The lowest BCUT2D eigenvalue weighted by molar-refractivity contribution is -0.156. The Balaban J connectivity index is 3.38. The van der Waals surface area contributed by atoms with E-state index in [2.05, 4.69) is 9.47 Å². The third-order valence-electron chi connectivity index (χ3n) is 0.873. The summed E-state index contributed by atoms with van der Waals surface area (Å²) >= 11 is 0. The Bertz CT molecular complexity index is 141. The van der Waals surface area contributed by atoms with Crippen molar-refractivity contribution in [2.75, 3.05) is 13.2 Å². The topological polar surface area (TPSA) is 52.6 Å². The summed E-state index contributed by atoms with van der Waals surface area (Å²) in [7, 11) is 0. The molecule has 11 heavy (non-hydrogen) atoms. The lowest BCUT2D eigenvalue weighted by Crippen LogP contribution is -2.15. The van der Waals surface area contributed by atoms with Gasteiger partial charge >= 0.3 is 11.9 Å². The average molecular weight is 159 g/mol. The number of carbonyl (C=O) groups is 2. The van der Waals surface area contributed by atoms with Crippen molar-refractivity contribution in [1.82, 2.24) is 0 Å². The summed E-state index contributed by atoms with van der Waals surface area (Å²) in [5.74, 6) is -1.04. The molecule has 0 heterocycles. The standard InChI is InChI=1S/C7H11O4/c1-3-6(8)11-5-7(9)10-4-2/h3H,4-5H2,1-2H3. The maximum absolute atomic E-state index is 10.6. The Morgan fingerprint density at radius 1 is 1.36 bits per heavy atom. The predicted octanol–water partition coefficient (Wildman–Crippen LogP) is 0.317. The number of rotatable bonds is 4. The largest absolute Gasteiger partial charge is 0.463 e. The van der Waals surface area contributed by atoms with Gasteiger partial charge in [0.05, 0.1) is 13.0 Å². The van der Waals surface area contributed by atoms with Crippen molar-refractivity contribution in [2.24, 2.45) is 0 Å². The minimum absolute atomic E-state index is 0.298. The lowest BCUT2D eigenvalue weighted by atomic mass is 10.5. The maximum Gasteiger partial charge on any atom is 0.344 e. The zero-order valence-electron chi connectivity index (χ0n) is 6.62. The van der Waals surface area contributed by atoms with E-state index >= 15 is 0 Å². The van der Waals surface area contributed by atoms with Gasteiger partial charge in [-0.2, -0.15) is 0 Å². The summed E-state index contributed by atoms with van der Waals surface area (Å²) in [5.41, 5.74) is 0. The van der Waals surface area contributed by atoms with Crippen LogP contribution in [0.2, 0.25) is 0 Å². The van der Waals surface area contributed by atoms with Gasteiger partial charge in [-0.05, 0) is 6.92 Å². The molecule has 0 amide bonds. The van der Waals surface area contributed by atoms with Crippen molar-refractivity contribution in [3.8, 4) is 0 Å². The second-order valence-corrected chi connectivity index (χ2v) is 1.70. The van der Waals surface area contributed by atoms with Crippen molar-refractivity contribution in [1.29, 1.82) is 0 Å². The van der Waals surface area contributed by atoms with E-state index in [9.17, 15) is 9.59 Å². The Morgan fingerprint density at radius 3 is 2.45 bits per heavy atom. The minimum atomic E-state index is -0.525. The monoisotopic (exact) mass is 159 g/mol. The first-order chi connectivity index (χ1) is 5.20. The van der Waals surface area contributed by atoms with Crippen LogP contribution < -0.4 is 0 Å². The molecule has 0 aliphatic carbocycles. The third kappa shape index (κ3) is 5.39. The number of esters is 2. The molecule has 0 bridgehead atoms. The van der Waals surface area contributed by atoms with Gasteiger partial charge in [0.25, 0.3) is 0 Å². The van der Waals surface area contributed by atoms with Crippen LogP contribution in [-0.4, -0.2) is 25.2 Å². The molecule has 0 aromatic heterocycles. The second kappa shape index (κ2) is 5.70. The summed E-state index contributed by atoms with van der Waals surface area (Å²) in [6, 6.07) is 0. The van der Waals surface area contributed by atoms with Crippen molar-refractivity contribution >= 4 is 11.9 Å². The molecular formula is C7H11O4. The molecule has 1 radical (unpaired) electrons. The highest BCUT2D eigenvalue weighted by Gasteiger charge is 2.04. The summed E-state index contributed by atoms with van der Waals surface area (Å²) in [5, 5.41) is 0. The Labute approximate surface area is 65.5 Å². The molecule has 0 rings (SSSR count). The zero-order chi connectivity index (χ0) is 8.69. The van der Waals surface area contributed by atoms with Gasteiger partial charge in [-0.1, -0.05) is 6.92 Å². The van der Waals surface area contributed by atoms with E-state index < -0.39 is 11.9 Å². The van der Waals surface area contributed by atoms with Crippen LogP contribution in [-0.2, 0) is 19.1 Å². The van der Waals surface area contributed by atoms with Crippen LogP contribution in [0.5, 0.6) is 0 Å². The van der Waals surface area contributed by atoms with Gasteiger partial charge in [0, 0.05) is 0 Å². The number of carbonyl (C=O) groups excluding carboxylic acids is 2. The van der Waals surface area contributed by atoms with Crippen molar-refractivity contribution in [3.63, 3.8) is 0 Å². The average Bonchev–Trinajstić information content (AvgIpc) is 2.01. The van der Waals surface area contributed by atoms with Crippen LogP contribution in [0.15, 0.2) is 0 Å². The third-order valence-corrected chi connectivity index (χ3v) is 0.873. The Hall–Kier alpha value is -1.06. The van der Waals surface area contributed by atoms with Crippen LogP contribution in [0.1, 0.15) is 13.8 Å². The fourth-order valence-corrected chi connectivity index (χ4v) is 0.416. The quantitative estimate of drug-likeness (QED) is 0.554. The molecule has 0 unspecified atom stereocenters. The van der Waals surface area contributed by atoms with Crippen molar-refractivity contribution in [3.05, 3.63) is 6.42 Å². The van der Waals surface area contributed by atoms with Gasteiger partial charge in [-0.15, -0.1) is 0 Å². The molecule has 4 nitrogen and oxygen atoms in total. The van der Waals surface area contributed by atoms with Crippen molar-refractivity contribution < 1.29 is 19.1 Å². The normalized spacial score (nSPS) is 8.91. The number of hydrogen-bond acceptors (Lipinski definition) is 4. The highest BCUT2D eigenvalue weighted by Crippen LogP contribution is 1.85. The van der Waals surface area contributed by atoms with Gasteiger partial charge in [-0.3, -0.25) is 4.79 Å². The van der Waals surface area contributed by atoms with Gasteiger partial charge in [0.2, 0.25) is 0 Å². The molecule has 0 N–H and O–H groups in total.